The van der Waals surface area contributed by atoms with E-state index in [4.69, 9.17) is 10.4 Å². The monoisotopic (exact) mass is 249 g/mol. The molecule has 2 N–H and O–H groups in total. The van der Waals surface area contributed by atoms with E-state index in [2.05, 4.69) is 5.32 Å². The number of carboxylic acids is 1. The lowest BCUT2D eigenvalue weighted by Crippen LogP contribution is -2.29. The number of carboxylic acid groups (broad SMARTS) is 1. The lowest BCUT2D eigenvalue weighted by molar-refractivity contribution is -0.121. The summed E-state index contributed by atoms with van der Waals surface area (Å²) in [5, 5.41) is 19.5. The van der Waals surface area contributed by atoms with Gasteiger partial charge in [0.15, 0.2) is 5.43 Å². The molecule has 1 rings (SSSR count). The van der Waals surface area contributed by atoms with Gasteiger partial charge in [-0.3, -0.25) is 9.59 Å². The number of pyridine rings is 1. The number of carbonyl (C=O) groups is 2. The molecule has 0 fully saturated rings. The van der Waals surface area contributed by atoms with E-state index in [9.17, 15) is 14.4 Å². The van der Waals surface area contributed by atoms with Gasteiger partial charge in [-0.25, -0.2) is 4.79 Å². The highest BCUT2D eigenvalue weighted by molar-refractivity contribution is 5.87. The molecule has 1 aromatic rings. The van der Waals surface area contributed by atoms with E-state index in [1.54, 1.807) is 0 Å². The van der Waals surface area contributed by atoms with Crippen molar-refractivity contribution in [3.8, 4) is 6.07 Å². The highest BCUT2D eigenvalue weighted by Crippen LogP contribution is 1.93. The lowest BCUT2D eigenvalue weighted by Gasteiger charge is -2.07. The zero-order chi connectivity index (χ0) is 13.5. The second kappa shape index (κ2) is 6.20. The average Bonchev–Trinajstić information content (AvgIpc) is 2.31. The molecule has 1 amide bonds. The minimum Gasteiger partial charge on any atom is -0.477 e. The Balaban J connectivity index is 2.71. The van der Waals surface area contributed by atoms with Crippen molar-refractivity contribution in [1.29, 1.82) is 5.26 Å². The topological polar surface area (TPSA) is 112 Å². The van der Waals surface area contributed by atoms with Crippen LogP contribution in [-0.2, 0) is 11.3 Å². The predicted octanol–water partition coefficient (Wildman–Crippen LogP) is -0.424. The maximum atomic E-state index is 11.4. The Kier molecular flexibility index (Phi) is 4.63. The van der Waals surface area contributed by atoms with Gasteiger partial charge in [0, 0.05) is 25.0 Å². The van der Waals surface area contributed by atoms with Crippen molar-refractivity contribution in [2.45, 2.75) is 13.0 Å². The number of hydrogen-bond donors (Lipinski definition) is 2. The first-order chi connectivity index (χ1) is 8.54. The Bertz CT molecular complexity index is 556. The smallest absolute Gasteiger partial charge is 0.341 e. The van der Waals surface area contributed by atoms with Crippen LogP contribution in [0.3, 0.4) is 0 Å². The van der Waals surface area contributed by atoms with E-state index >= 15 is 0 Å². The highest BCUT2D eigenvalue weighted by atomic mass is 16.4. The Morgan fingerprint density at radius 1 is 1.50 bits per heavy atom. The molecule has 1 aromatic heterocycles. The summed E-state index contributed by atoms with van der Waals surface area (Å²) in [5.41, 5.74) is -0.994. The summed E-state index contributed by atoms with van der Waals surface area (Å²) in [6.07, 6.45) is 2.64. The number of aromatic carboxylic acids is 1. The van der Waals surface area contributed by atoms with Gasteiger partial charge < -0.3 is 15.0 Å². The van der Waals surface area contributed by atoms with Crippen LogP contribution in [0.4, 0.5) is 0 Å². The van der Waals surface area contributed by atoms with Crippen LogP contribution in [0.1, 0.15) is 16.8 Å². The number of amides is 1. The molecule has 94 valence electrons. The van der Waals surface area contributed by atoms with Crippen molar-refractivity contribution in [3.05, 3.63) is 34.2 Å². The molecule has 1 heterocycles. The van der Waals surface area contributed by atoms with Crippen molar-refractivity contribution in [2.24, 2.45) is 0 Å². The number of hydrogen-bond acceptors (Lipinski definition) is 4. The third kappa shape index (κ3) is 3.75. The van der Waals surface area contributed by atoms with Gasteiger partial charge in [0.25, 0.3) is 0 Å². The summed E-state index contributed by atoms with van der Waals surface area (Å²) in [4.78, 5) is 33.3. The summed E-state index contributed by atoms with van der Waals surface area (Å²) in [6, 6.07) is 2.97. The molecule has 0 aliphatic rings. The van der Waals surface area contributed by atoms with Crippen LogP contribution in [0, 0.1) is 11.3 Å². The number of carbonyl (C=O) groups excluding carboxylic acids is 1. The first-order valence-electron chi connectivity index (χ1n) is 5.11. The number of nitriles is 1. The first-order valence-corrected chi connectivity index (χ1v) is 5.11. The van der Waals surface area contributed by atoms with Gasteiger partial charge in [-0.15, -0.1) is 0 Å². The van der Waals surface area contributed by atoms with Crippen molar-refractivity contribution in [3.63, 3.8) is 0 Å². The third-order valence-corrected chi connectivity index (χ3v) is 2.09. The Morgan fingerprint density at radius 3 is 2.83 bits per heavy atom. The Hall–Kier alpha value is -2.62. The minimum absolute atomic E-state index is 0.105. The van der Waals surface area contributed by atoms with Gasteiger partial charge in [0.2, 0.25) is 5.91 Å². The summed E-state index contributed by atoms with van der Waals surface area (Å²) in [5.74, 6) is -1.69. The molecule has 0 aliphatic carbocycles. The van der Waals surface area contributed by atoms with Crippen LogP contribution in [0.15, 0.2) is 23.3 Å². The molecule has 0 saturated carbocycles. The zero-order valence-electron chi connectivity index (χ0n) is 9.42. The second-order valence-corrected chi connectivity index (χ2v) is 3.46. The molecule has 0 radical (unpaired) electrons. The van der Waals surface area contributed by atoms with Gasteiger partial charge in [0.05, 0.1) is 12.5 Å². The van der Waals surface area contributed by atoms with Crippen molar-refractivity contribution in [1.82, 2.24) is 9.88 Å². The van der Waals surface area contributed by atoms with Gasteiger partial charge in [-0.05, 0) is 0 Å². The largest absolute Gasteiger partial charge is 0.477 e. The van der Waals surface area contributed by atoms with Gasteiger partial charge in [0.1, 0.15) is 12.1 Å². The third-order valence-electron chi connectivity index (χ3n) is 2.09. The molecule has 0 aromatic carbocycles. The average molecular weight is 249 g/mol. The van der Waals surface area contributed by atoms with Crippen molar-refractivity contribution in [2.75, 3.05) is 6.54 Å². The van der Waals surface area contributed by atoms with Crippen LogP contribution < -0.4 is 10.7 Å². The maximum Gasteiger partial charge on any atom is 0.341 e. The number of aromatic nitrogens is 1. The normalized spacial score (nSPS) is 9.50. The standard InChI is InChI=1S/C11H11N3O4/c12-3-1-4-13-10(16)7-14-5-2-9(15)8(6-14)11(17)18/h2,5-6H,1,4,7H2,(H,13,16)(H,17,18). The second-order valence-electron chi connectivity index (χ2n) is 3.46. The number of rotatable bonds is 5. The van der Waals surface area contributed by atoms with Crippen molar-refractivity contribution >= 4 is 11.9 Å². The Morgan fingerprint density at radius 2 is 2.22 bits per heavy atom. The van der Waals surface area contributed by atoms with E-state index in [-0.39, 0.29) is 31.0 Å². The van der Waals surface area contributed by atoms with E-state index in [0.29, 0.717) is 0 Å². The first kappa shape index (κ1) is 13.4. The van der Waals surface area contributed by atoms with E-state index in [1.165, 1.54) is 10.8 Å². The predicted molar refractivity (Wildman–Crippen MR) is 60.9 cm³/mol. The molecule has 7 heteroatoms. The fourth-order valence-electron chi connectivity index (χ4n) is 1.26. The molecule has 0 aliphatic heterocycles. The quantitative estimate of drug-likeness (QED) is 0.688. The molecule has 7 nitrogen and oxygen atoms in total. The fraction of sp³-hybridized carbons (Fsp3) is 0.273. The summed E-state index contributed by atoms with van der Waals surface area (Å²) in [7, 11) is 0. The Labute approximate surface area is 102 Å². The van der Waals surface area contributed by atoms with E-state index in [0.717, 1.165) is 12.3 Å². The van der Waals surface area contributed by atoms with Crippen molar-refractivity contribution < 1.29 is 14.7 Å². The van der Waals surface area contributed by atoms with Crippen LogP contribution in [0.25, 0.3) is 0 Å². The minimum atomic E-state index is -1.33. The molecule has 0 spiro atoms. The van der Waals surface area contributed by atoms with Gasteiger partial charge in [-0.1, -0.05) is 0 Å². The number of nitrogens with zero attached hydrogens (tertiary/aromatic N) is 2. The highest BCUT2D eigenvalue weighted by Gasteiger charge is 2.09. The molecular formula is C11H11N3O4. The van der Waals surface area contributed by atoms with Crippen LogP contribution in [0.5, 0.6) is 0 Å². The van der Waals surface area contributed by atoms with Gasteiger partial charge >= 0.3 is 5.97 Å². The molecule has 0 unspecified atom stereocenters. The summed E-state index contributed by atoms with van der Waals surface area (Å²) >= 11 is 0. The lowest BCUT2D eigenvalue weighted by atomic mass is 10.3. The fourth-order valence-corrected chi connectivity index (χ4v) is 1.26. The molecular weight excluding hydrogens is 238 g/mol. The molecule has 0 saturated heterocycles. The summed E-state index contributed by atoms with van der Waals surface area (Å²) < 4.78 is 1.30. The number of nitrogens with one attached hydrogen (secondary N) is 1. The van der Waals surface area contributed by atoms with Crippen LogP contribution in [-0.4, -0.2) is 28.1 Å². The molecule has 18 heavy (non-hydrogen) atoms. The zero-order valence-corrected chi connectivity index (χ0v) is 9.42. The SMILES string of the molecule is N#CCCNC(=O)Cn1ccc(=O)c(C(=O)O)c1. The maximum absolute atomic E-state index is 11.4. The van der Waals surface area contributed by atoms with E-state index < -0.39 is 11.4 Å². The van der Waals surface area contributed by atoms with E-state index in [1.807, 2.05) is 6.07 Å². The molecule has 0 bridgehead atoms. The van der Waals surface area contributed by atoms with Crippen LogP contribution in [0.2, 0.25) is 0 Å². The van der Waals surface area contributed by atoms with Crippen LogP contribution >= 0.6 is 0 Å². The molecule has 0 atom stereocenters. The summed E-state index contributed by atoms with van der Waals surface area (Å²) in [6.45, 7) is 0.132. The van der Waals surface area contributed by atoms with Gasteiger partial charge in [-0.2, -0.15) is 5.26 Å².